The number of hydrogen-bond acceptors (Lipinski definition) is 4. The Bertz CT molecular complexity index is 550. The molecule has 7 heteroatoms. The van der Waals surface area contributed by atoms with Gasteiger partial charge >= 0.3 is 0 Å². The highest BCUT2D eigenvalue weighted by Crippen LogP contribution is 2.10. The van der Waals surface area contributed by atoms with E-state index in [0.717, 1.165) is 4.31 Å². The standard InChI is InChI=1S/C11H16N2O4S/c1-3-6-13(7-8-17-2)18(15,16)11-9-12-5-4-10(11)14/h3-5,9H,1,6-8H2,2H3,(H,12,14). The van der Waals surface area contributed by atoms with Gasteiger partial charge in [-0.15, -0.1) is 6.58 Å². The molecule has 1 aromatic heterocycles. The van der Waals surface area contributed by atoms with E-state index >= 15 is 0 Å². The van der Waals surface area contributed by atoms with Gasteiger partial charge in [-0.3, -0.25) is 4.79 Å². The van der Waals surface area contributed by atoms with Crippen LogP contribution < -0.4 is 5.43 Å². The van der Waals surface area contributed by atoms with E-state index in [2.05, 4.69) is 11.6 Å². The first kappa shape index (κ1) is 14.6. The summed E-state index contributed by atoms with van der Waals surface area (Å²) in [5.41, 5.74) is -0.541. The fraction of sp³-hybridized carbons (Fsp3) is 0.364. The second-order valence-electron chi connectivity index (χ2n) is 3.52. The van der Waals surface area contributed by atoms with Crippen molar-refractivity contribution < 1.29 is 13.2 Å². The Labute approximate surface area is 106 Å². The van der Waals surface area contributed by atoms with E-state index in [1.54, 1.807) is 0 Å². The molecule has 0 aromatic carbocycles. The van der Waals surface area contributed by atoms with E-state index in [4.69, 9.17) is 4.74 Å². The van der Waals surface area contributed by atoms with Crippen molar-refractivity contribution in [2.45, 2.75) is 4.90 Å². The molecule has 0 saturated heterocycles. The predicted octanol–water partition coefficient (Wildman–Crippen LogP) is 0.198. The zero-order valence-electron chi connectivity index (χ0n) is 10.1. The molecule has 1 aromatic rings. The summed E-state index contributed by atoms with van der Waals surface area (Å²) in [6.45, 7) is 4.04. The molecule has 1 N–H and O–H groups in total. The number of nitrogens with one attached hydrogen (secondary N) is 1. The molecule has 0 aliphatic rings. The summed E-state index contributed by atoms with van der Waals surface area (Å²) in [6, 6.07) is 1.18. The van der Waals surface area contributed by atoms with Gasteiger partial charge in [0.2, 0.25) is 15.5 Å². The number of methoxy groups -OCH3 is 1. The molecule has 1 rings (SSSR count). The summed E-state index contributed by atoms with van der Waals surface area (Å²) >= 11 is 0. The monoisotopic (exact) mass is 272 g/mol. The van der Waals surface area contributed by atoms with Crippen LogP contribution in [0.2, 0.25) is 0 Å². The van der Waals surface area contributed by atoms with Crippen LogP contribution in [0.5, 0.6) is 0 Å². The highest BCUT2D eigenvalue weighted by Gasteiger charge is 2.25. The third kappa shape index (κ3) is 3.28. The smallest absolute Gasteiger partial charge is 0.248 e. The van der Waals surface area contributed by atoms with Gasteiger partial charge in [-0.05, 0) is 0 Å². The van der Waals surface area contributed by atoms with Crippen LogP contribution >= 0.6 is 0 Å². The number of hydrogen-bond donors (Lipinski definition) is 1. The number of ether oxygens (including phenoxy) is 1. The molecule has 1 heterocycles. The van der Waals surface area contributed by atoms with E-state index in [1.807, 2.05) is 0 Å². The molecule has 0 unspecified atom stereocenters. The number of rotatable bonds is 7. The van der Waals surface area contributed by atoms with Gasteiger partial charge in [0.25, 0.3) is 0 Å². The topological polar surface area (TPSA) is 79.5 Å². The number of H-pyrrole nitrogens is 1. The fourth-order valence-electron chi connectivity index (χ4n) is 1.39. The van der Waals surface area contributed by atoms with Crippen LogP contribution in [0.4, 0.5) is 0 Å². The SMILES string of the molecule is C=CCN(CCOC)S(=O)(=O)c1c[nH]ccc1=O. The Hall–Kier alpha value is -1.44. The third-order valence-electron chi connectivity index (χ3n) is 2.28. The second-order valence-corrected chi connectivity index (χ2v) is 5.42. The maximum atomic E-state index is 12.3. The van der Waals surface area contributed by atoms with Crippen LogP contribution in [-0.2, 0) is 14.8 Å². The van der Waals surface area contributed by atoms with E-state index in [-0.39, 0.29) is 24.6 Å². The predicted molar refractivity (Wildman–Crippen MR) is 67.9 cm³/mol. The van der Waals surface area contributed by atoms with E-state index in [9.17, 15) is 13.2 Å². The van der Waals surface area contributed by atoms with Crippen molar-refractivity contribution in [2.75, 3.05) is 26.8 Å². The van der Waals surface area contributed by atoms with Crippen molar-refractivity contribution in [2.24, 2.45) is 0 Å². The molecule has 0 amide bonds. The maximum Gasteiger partial charge on any atom is 0.248 e. The van der Waals surface area contributed by atoms with Crippen LogP contribution in [-0.4, -0.2) is 44.5 Å². The first-order valence-corrected chi connectivity index (χ1v) is 6.75. The van der Waals surface area contributed by atoms with Crippen molar-refractivity contribution in [3.8, 4) is 0 Å². The molecular weight excluding hydrogens is 256 g/mol. The molecule has 0 atom stereocenters. The molecular formula is C11H16N2O4S. The van der Waals surface area contributed by atoms with E-state index < -0.39 is 15.5 Å². The molecule has 100 valence electrons. The lowest BCUT2D eigenvalue weighted by molar-refractivity contribution is 0.182. The summed E-state index contributed by atoms with van der Waals surface area (Å²) in [6.07, 6.45) is 4.03. The minimum atomic E-state index is -3.83. The maximum absolute atomic E-state index is 12.3. The van der Waals surface area contributed by atoms with Gasteiger partial charge in [0.15, 0.2) is 0 Å². The largest absolute Gasteiger partial charge is 0.383 e. The third-order valence-corrected chi connectivity index (χ3v) is 4.17. The summed E-state index contributed by atoms with van der Waals surface area (Å²) in [7, 11) is -2.35. The normalized spacial score (nSPS) is 11.7. The Kier molecular flexibility index (Phi) is 5.26. The number of aromatic nitrogens is 1. The van der Waals surface area contributed by atoms with Gasteiger partial charge in [0.05, 0.1) is 6.61 Å². The number of sulfonamides is 1. The zero-order valence-corrected chi connectivity index (χ0v) is 10.9. The lowest BCUT2D eigenvalue weighted by atomic mass is 10.5. The molecule has 0 bridgehead atoms. The van der Waals surface area contributed by atoms with Crippen LogP contribution in [0, 0.1) is 0 Å². The zero-order chi connectivity index (χ0) is 13.6. The van der Waals surface area contributed by atoms with Crippen LogP contribution in [0.15, 0.2) is 40.8 Å². The van der Waals surface area contributed by atoms with Gasteiger partial charge in [-0.25, -0.2) is 8.42 Å². The number of aromatic amines is 1. The molecule has 6 nitrogen and oxygen atoms in total. The fourth-order valence-corrected chi connectivity index (χ4v) is 2.82. The van der Waals surface area contributed by atoms with Crippen molar-refractivity contribution >= 4 is 10.0 Å². The molecule has 0 aliphatic carbocycles. The average Bonchev–Trinajstić information content (AvgIpc) is 2.34. The van der Waals surface area contributed by atoms with Gasteiger partial charge in [-0.2, -0.15) is 4.31 Å². The van der Waals surface area contributed by atoms with Crippen LogP contribution in [0.1, 0.15) is 0 Å². The summed E-state index contributed by atoms with van der Waals surface area (Å²) in [5, 5.41) is 0. The second kappa shape index (κ2) is 6.48. The molecule has 0 spiro atoms. The van der Waals surface area contributed by atoms with Crippen molar-refractivity contribution in [3.63, 3.8) is 0 Å². The van der Waals surface area contributed by atoms with Crippen molar-refractivity contribution in [1.82, 2.24) is 9.29 Å². The lowest BCUT2D eigenvalue weighted by Gasteiger charge is -2.19. The summed E-state index contributed by atoms with van der Waals surface area (Å²) in [5.74, 6) is 0. The summed E-state index contributed by atoms with van der Waals surface area (Å²) in [4.78, 5) is 13.9. The average molecular weight is 272 g/mol. The minimum absolute atomic E-state index is 0.125. The highest BCUT2D eigenvalue weighted by molar-refractivity contribution is 7.89. The van der Waals surface area contributed by atoms with Gasteiger partial charge < -0.3 is 9.72 Å². The molecule has 0 saturated carbocycles. The molecule has 18 heavy (non-hydrogen) atoms. The minimum Gasteiger partial charge on any atom is -0.383 e. The molecule has 0 radical (unpaired) electrons. The molecule has 0 aliphatic heterocycles. The first-order valence-electron chi connectivity index (χ1n) is 5.31. The molecule has 0 fully saturated rings. The first-order chi connectivity index (χ1) is 8.54. The Morgan fingerprint density at radius 3 is 2.83 bits per heavy atom. The van der Waals surface area contributed by atoms with Gasteiger partial charge in [0.1, 0.15) is 4.90 Å². The van der Waals surface area contributed by atoms with Crippen molar-refractivity contribution in [1.29, 1.82) is 0 Å². The Morgan fingerprint density at radius 2 is 2.28 bits per heavy atom. The van der Waals surface area contributed by atoms with E-state index in [1.165, 1.54) is 31.6 Å². The van der Waals surface area contributed by atoms with Crippen LogP contribution in [0.3, 0.4) is 0 Å². The summed E-state index contributed by atoms with van der Waals surface area (Å²) < 4.78 is 30.5. The number of nitrogens with zero attached hydrogens (tertiary/aromatic N) is 1. The Balaban J connectivity index is 3.13. The number of pyridine rings is 1. The van der Waals surface area contributed by atoms with E-state index in [0.29, 0.717) is 0 Å². The van der Waals surface area contributed by atoms with Crippen LogP contribution in [0.25, 0.3) is 0 Å². The Morgan fingerprint density at radius 1 is 1.56 bits per heavy atom. The van der Waals surface area contributed by atoms with Gasteiger partial charge in [0, 0.05) is 38.7 Å². The van der Waals surface area contributed by atoms with Crippen molar-refractivity contribution in [3.05, 3.63) is 41.3 Å². The lowest BCUT2D eigenvalue weighted by Crippen LogP contribution is -2.36. The quantitative estimate of drug-likeness (QED) is 0.719. The highest BCUT2D eigenvalue weighted by atomic mass is 32.2. The van der Waals surface area contributed by atoms with Gasteiger partial charge in [-0.1, -0.05) is 6.08 Å².